The van der Waals surface area contributed by atoms with E-state index in [0.717, 1.165) is 5.92 Å². The van der Waals surface area contributed by atoms with Gasteiger partial charge >= 0.3 is 0 Å². The molecule has 120 valence electrons. The van der Waals surface area contributed by atoms with Crippen LogP contribution in [0.3, 0.4) is 0 Å². The van der Waals surface area contributed by atoms with Crippen LogP contribution in [0.25, 0.3) is 0 Å². The van der Waals surface area contributed by atoms with E-state index in [1.165, 1.54) is 75.1 Å². The molecule has 0 amide bonds. The van der Waals surface area contributed by atoms with Crippen LogP contribution in [0.5, 0.6) is 0 Å². The summed E-state index contributed by atoms with van der Waals surface area (Å²) in [4.78, 5) is 0. The van der Waals surface area contributed by atoms with Crippen molar-refractivity contribution in [1.82, 2.24) is 0 Å². The minimum atomic E-state index is 0.203. The standard InChI is InChI=1S/C18H35IO/c1-4-6-7-8-10-16(3)20-18(15-19)13-11-17(9-5-2)12-14-18/h16-17H,4-15H2,1-3H3. The van der Waals surface area contributed by atoms with E-state index in [1.54, 1.807) is 0 Å². The third-order valence-electron chi connectivity index (χ3n) is 4.87. The Balaban J connectivity index is 2.31. The lowest BCUT2D eigenvalue weighted by atomic mass is 9.78. The van der Waals surface area contributed by atoms with Gasteiger partial charge in [0.05, 0.1) is 11.7 Å². The summed E-state index contributed by atoms with van der Waals surface area (Å²) in [5.74, 6) is 0.972. The molecule has 0 spiro atoms. The van der Waals surface area contributed by atoms with Gasteiger partial charge in [0, 0.05) is 4.43 Å². The van der Waals surface area contributed by atoms with Crippen molar-refractivity contribution in [3.8, 4) is 0 Å². The number of rotatable bonds is 10. The van der Waals surface area contributed by atoms with E-state index >= 15 is 0 Å². The molecule has 0 aromatic heterocycles. The molecular weight excluding hydrogens is 359 g/mol. The maximum atomic E-state index is 6.53. The van der Waals surface area contributed by atoms with E-state index in [0.29, 0.717) is 6.10 Å². The van der Waals surface area contributed by atoms with Crippen molar-refractivity contribution >= 4 is 22.6 Å². The van der Waals surface area contributed by atoms with Crippen LogP contribution in [-0.4, -0.2) is 16.1 Å². The Morgan fingerprint density at radius 2 is 1.80 bits per heavy atom. The first kappa shape index (κ1) is 18.7. The van der Waals surface area contributed by atoms with Crippen molar-refractivity contribution in [3.63, 3.8) is 0 Å². The molecule has 1 rings (SSSR count). The normalized spacial score (nSPS) is 28.5. The van der Waals surface area contributed by atoms with E-state index < -0.39 is 0 Å². The van der Waals surface area contributed by atoms with Crippen LogP contribution >= 0.6 is 22.6 Å². The molecule has 0 saturated heterocycles. The summed E-state index contributed by atoms with van der Waals surface area (Å²) in [6, 6.07) is 0. The zero-order valence-corrected chi connectivity index (χ0v) is 16.1. The van der Waals surface area contributed by atoms with Gasteiger partial charge in [0.15, 0.2) is 0 Å². The summed E-state index contributed by atoms with van der Waals surface area (Å²) in [5.41, 5.74) is 0.203. The number of hydrogen-bond acceptors (Lipinski definition) is 1. The highest BCUT2D eigenvalue weighted by molar-refractivity contribution is 14.1. The molecule has 0 N–H and O–H groups in total. The monoisotopic (exact) mass is 394 g/mol. The average Bonchev–Trinajstić information content (AvgIpc) is 2.46. The molecule has 1 unspecified atom stereocenters. The SMILES string of the molecule is CCCCCCC(C)OC1(CI)CCC(CCC)CC1. The zero-order valence-electron chi connectivity index (χ0n) is 13.9. The van der Waals surface area contributed by atoms with Gasteiger partial charge in [0.25, 0.3) is 0 Å². The largest absolute Gasteiger partial charge is 0.371 e. The maximum Gasteiger partial charge on any atom is 0.0775 e. The molecule has 1 atom stereocenters. The summed E-state index contributed by atoms with van der Waals surface area (Å²) in [6.07, 6.45) is 15.2. The number of ether oxygens (including phenoxy) is 1. The third-order valence-corrected chi connectivity index (χ3v) is 6.26. The third kappa shape index (κ3) is 6.64. The van der Waals surface area contributed by atoms with Gasteiger partial charge < -0.3 is 4.74 Å². The Hall–Kier alpha value is 0.690. The van der Waals surface area contributed by atoms with Gasteiger partial charge in [-0.05, 0) is 44.9 Å². The maximum absolute atomic E-state index is 6.53. The molecule has 20 heavy (non-hydrogen) atoms. The number of unbranched alkanes of at least 4 members (excludes halogenated alkanes) is 3. The van der Waals surface area contributed by atoms with Crippen molar-refractivity contribution in [3.05, 3.63) is 0 Å². The second-order valence-corrected chi connectivity index (χ2v) is 7.59. The van der Waals surface area contributed by atoms with Gasteiger partial charge in [-0.3, -0.25) is 0 Å². The second-order valence-electron chi connectivity index (χ2n) is 6.83. The molecule has 0 heterocycles. The Morgan fingerprint density at radius 1 is 1.10 bits per heavy atom. The van der Waals surface area contributed by atoms with Gasteiger partial charge in [0.2, 0.25) is 0 Å². The fourth-order valence-electron chi connectivity index (χ4n) is 3.53. The number of hydrogen-bond donors (Lipinski definition) is 0. The average molecular weight is 394 g/mol. The molecule has 2 heteroatoms. The first-order valence-corrected chi connectivity index (χ1v) is 10.4. The molecule has 1 aliphatic rings. The minimum Gasteiger partial charge on any atom is -0.371 e. The van der Waals surface area contributed by atoms with Crippen LogP contribution in [0.15, 0.2) is 0 Å². The van der Waals surface area contributed by atoms with Crippen LogP contribution in [0, 0.1) is 5.92 Å². The lowest BCUT2D eigenvalue weighted by Crippen LogP contribution is -2.41. The highest BCUT2D eigenvalue weighted by Crippen LogP contribution is 2.39. The lowest BCUT2D eigenvalue weighted by Gasteiger charge is -2.41. The Morgan fingerprint density at radius 3 is 2.35 bits per heavy atom. The summed E-state index contributed by atoms with van der Waals surface area (Å²) < 4.78 is 7.70. The zero-order chi connectivity index (χ0) is 14.8. The summed E-state index contributed by atoms with van der Waals surface area (Å²) in [7, 11) is 0. The van der Waals surface area contributed by atoms with Crippen molar-refractivity contribution in [2.45, 2.75) is 103 Å². The molecule has 1 fully saturated rings. The molecular formula is C18H35IO. The molecule has 0 aliphatic heterocycles. The van der Waals surface area contributed by atoms with Crippen molar-refractivity contribution < 1.29 is 4.74 Å². The first-order chi connectivity index (χ1) is 9.65. The molecule has 0 radical (unpaired) electrons. The van der Waals surface area contributed by atoms with E-state index in [2.05, 4.69) is 43.4 Å². The summed E-state index contributed by atoms with van der Waals surface area (Å²) in [6.45, 7) is 6.88. The smallest absolute Gasteiger partial charge is 0.0775 e. The second kappa shape index (κ2) is 10.4. The fraction of sp³-hybridized carbons (Fsp3) is 1.00. The van der Waals surface area contributed by atoms with E-state index in [1.807, 2.05) is 0 Å². The first-order valence-electron chi connectivity index (χ1n) is 8.89. The Kier molecular flexibility index (Phi) is 9.76. The highest BCUT2D eigenvalue weighted by Gasteiger charge is 2.36. The Labute approximate surface area is 140 Å². The highest BCUT2D eigenvalue weighted by atomic mass is 127. The quantitative estimate of drug-likeness (QED) is 0.233. The molecule has 1 nitrogen and oxygen atoms in total. The number of alkyl halides is 1. The lowest BCUT2D eigenvalue weighted by molar-refractivity contribution is -0.0995. The van der Waals surface area contributed by atoms with Gasteiger partial charge in [-0.15, -0.1) is 0 Å². The van der Waals surface area contributed by atoms with Crippen molar-refractivity contribution in [1.29, 1.82) is 0 Å². The molecule has 0 bridgehead atoms. The molecule has 0 aromatic rings. The number of halogens is 1. The topological polar surface area (TPSA) is 9.23 Å². The van der Waals surface area contributed by atoms with Crippen LogP contribution < -0.4 is 0 Å². The van der Waals surface area contributed by atoms with Crippen molar-refractivity contribution in [2.24, 2.45) is 5.92 Å². The predicted octanol–water partition coefficient (Wildman–Crippen LogP) is 6.53. The van der Waals surface area contributed by atoms with Gasteiger partial charge in [-0.2, -0.15) is 0 Å². The van der Waals surface area contributed by atoms with E-state index in [-0.39, 0.29) is 5.60 Å². The predicted molar refractivity (Wildman–Crippen MR) is 97.8 cm³/mol. The van der Waals surface area contributed by atoms with Gasteiger partial charge in [0.1, 0.15) is 0 Å². The Bertz CT molecular complexity index is 234. The van der Waals surface area contributed by atoms with Crippen LogP contribution in [0.2, 0.25) is 0 Å². The van der Waals surface area contributed by atoms with Crippen LogP contribution in [0.4, 0.5) is 0 Å². The van der Waals surface area contributed by atoms with Crippen molar-refractivity contribution in [2.75, 3.05) is 4.43 Å². The van der Waals surface area contributed by atoms with Crippen LogP contribution in [-0.2, 0) is 4.74 Å². The fourth-order valence-corrected chi connectivity index (χ4v) is 4.47. The summed E-state index contributed by atoms with van der Waals surface area (Å²) in [5, 5.41) is 0. The summed E-state index contributed by atoms with van der Waals surface area (Å²) >= 11 is 2.55. The molecule has 0 aromatic carbocycles. The van der Waals surface area contributed by atoms with Gasteiger partial charge in [-0.25, -0.2) is 0 Å². The molecule has 1 aliphatic carbocycles. The van der Waals surface area contributed by atoms with E-state index in [4.69, 9.17) is 4.74 Å². The minimum absolute atomic E-state index is 0.203. The van der Waals surface area contributed by atoms with E-state index in [9.17, 15) is 0 Å². The molecule has 1 saturated carbocycles. The van der Waals surface area contributed by atoms with Gasteiger partial charge in [-0.1, -0.05) is 75.0 Å². The van der Waals surface area contributed by atoms with Crippen LogP contribution in [0.1, 0.15) is 91.4 Å².